The number of hydrogen-bond acceptors (Lipinski definition) is 3. The van der Waals surface area contributed by atoms with E-state index in [2.05, 4.69) is 11.8 Å². The lowest BCUT2D eigenvalue weighted by molar-refractivity contribution is -0.138. The quantitative estimate of drug-likeness (QED) is 0.662. The van der Waals surface area contributed by atoms with E-state index in [1.807, 2.05) is 0 Å². The van der Waals surface area contributed by atoms with Gasteiger partial charge in [-0.3, -0.25) is 4.79 Å². The Morgan fingerprint density at radius 2 is 2.29 bits per heavy atom. The lowest BCUT2D eigenvalue weighted by Crippen LogP contribution is -2.38. The maximum Gasteiger partial charge on any atom is 0.303 e. The van der Waals surface area contributed by atoms with Crippen LogP contribution in [0.3, 0.4) is 0 Å². The van der Waals surface area contributed by atoms with E-state index in [1.54, 1.807) is 0 Å². The molecule has 0 spiro atoms. The van der Waals surface area contributed by atoms with Crippen molar-refractivity contribution >= 4 is 5.97 Å². The third kappa shape index (κ3) is 6.64. The van der Waals surface area contributed by atoms with Crippen molar-refractivity contribution in [3.8, 4) is 0 Å². The first-order valence-electron chi connectivity index (χ1n) is 6.74. The van der Waals surface area contributed by atoms with Crippen molar-refractivity contribution in [1.82, 2.24) is 4.90 Å². The lowest BCUT2D eigenvalue weighted by atomic mass is 9.95. The van der Waals surface area contributed by atoms with Gasteiger partial charge in [0.1, 0.15) is 0 Å². The first-order valence-corrected chi connectivity index (χ1v) is 6.74. The monoisotopic (exact) mass is 243 g/mol. The second-order valence-corrected chi connectivity index (χ2v) is 4.87. The molecule has 0 bridgehead atoms. The summed E-state index contributed by atoms with van der Waals surface area (Å²) in [4.78, 5) is 13.0. The first kappa shape index (κ1) is 14.5. The summed E-state index contributed by atoms with van der Waals surface area (Å²) in [7, 11) is 0. The molecule has 1 aliphatic heterocycles. The van der Waals surface area contributed by atoms with Crippen LogP contribution >= 0.6 is 0 Å². The van der Waals surface area contributed by atoms with E-state index in [-0.39, 0.29) is 0 Å². The molecule has 1 unspecified atom stereocenters. The smallest absolute Gasteiger partial charge is 0.303 e. The second-order valence-electron chi connectivity index (χ2n) is 4.87. The van der Waals surface area contributed by atoms with Crippen molar-refractivity contribution in [2.75, 3.05) is 32.8 Å². The molecular weight excluding hydrogens is 218 g/mol. The molecule has 0 amide bonds. The van der Waals surface area contributed by atoms with E-state index >= 15 is 0 Å². The van der Waals surface area contributed by atoms with Gasteiger partial charge in [-0.2, -0.15) is 0 Å². The number of rotatable bonds is 8. The summed E-state index contributed by atoms with van der Waals surface area (Å²) in [6, 6.07) is 0. The molecule has 4 nitrogen and oxygen atoms in total. The van der Waals surface area contributed by atoms with Gasteiger partial charge in [-0.05, 0) is 31.7 Å². The minimum atomic E-state index is -0.670. The normalized spacial score (nSPS) is 21.6. The van der Waals surface area contributed by atoms with Gasteiger partial charge in [0.2, 0.25) is 0 Å². The molecule has 100 valence electrons. The summed E-state index contributed by atoms with van der Waals surface area (Å²) in [5.74, 6) is -0.340. The van der Waals surface area contributed by atoms with Crippen LogP contribution in [-0.2, 0) is 9.53 Å². The van der Waals surface area contributed by atoms with Crippen molar-refractivity contribution in [3.63, 3.8) is 0 Å². The van der Waals surface area contributed by atoms with Gasteiger partial charge >= 0.3 is 5.97 Å². The van der Waals surface area contributed by atoms with E-state index in [4.69, 9.17) is 9.84 Å². The van der Waals surface area contributed by atoms with Gasteiger partial charge in [0.25, 0.3) is 0 Å². The van der Waals surface area contributed by atoms with Gasteiger partial charge < -0.3 is 14.7 Å². The fraction of sp³-hybridized carbons (Fsp3) is 0.923. The highest BCUT2D eigenvalue weighted by atomic mass is 16.5. The van der Waals surface area contributed by atoms with Crippen molar-refractivity contribution in [2.24, 2.45) is 5.92 Å². The Morgan fingerprint density at radius 3 is 3.00 bits per heavy atom. The Kier molecular flexibility index (Phi) is 7.21. The molecule has 1 heterocycles. The number of ether oxygens (including phenoxy) is 1. The predicted molar refractivity (Wildman–Crippen MR) is 67.1 cm³/mol. The summed E-state index contributed by atoms with van der Waals surface area (Å²) < 4.78 is 5.54. The number of piperidine rings is 1. The fourth-order valence-electron chi connectivity index (χ4n) is 2.31. The Balaban J connectivity index is 2.09. The van der Waals surface area contributed by atoms with E-state index < -0.39 is 5.97 Å². The Bertz CT molecular complexity index is 221. The largest absolute Gasteiger partial charge is 0.481 e. The minimum absolute atomic E-state index is 0.313. The van der Waals surface area contributed by atoms with Crippen molar-refractivity contribution in [3.05, 3.63) is 0 Å². The highest BCUT2D eigenvalue weighted by Crippen LogP contribution is 2.19. The molecular formula is C13H25NO3. The summed E-state index contributed by atoms with van der Waals surface area (Å²) >= 11 is 0. The average molecular weight is 243 g/mol. The Hall–Kier alpha value is -0.610. The highest BCUT2D eigenvalue weighted by molar-refractivity contribution is 5.67. The molecule has 1 fully saturated rings. The minimum Gasteiger partial charge on any atom is -0.481 e. The summed E-state index contributed by atoms with van der Waals surface area (Å²) in [5, 5.41) is 8.78. The molecule has 0 aromatic rings. The Morgan fingerprint density at radius 1 is 1.47 bits per heavy atom. The zero-order valence-corrected chi connectivity index (χ0v) is 10.9. The van der Waals surface area contributed by atoms with Gasteiger partial charge in [-0.25, -0.2) is 0 Å². The number of carboxylic acids is 1. The number of carbonyl (C=O) groups is 1. The van der Waals surface area contributed by atoms with Crippen LogP contribution in [0.15, 0.2) is 0 Å². The zero-order valence-electron chi connectivity index (χ0n) is 10.9. The highest BCUT2D eigenvalue weighted by Gasteiger charge is 2.21. The van der Waals surface area contributed by atoms with Crippen LogP contribution < -0.4 is 0 Å². The molecule has 0 aromatic heterocycles. The molecule has 1 rings (SSSR count). The molecule has 0 radical (unpaired) electrons. The number of unbranched alkanes of at least 4 members (excludes halogenated alkanes) is 1. The van der Waals surface area contributed by atoms with Crippen molar-refractivity contribution in [1.29, 1.82) is 0 Å². The Labute approximate surface area is 104 Å². The fourth-order valence-corrected chi connectivity index (χ4v) is 2.31. The molecule has 0 aromatic carbocycles. The molecule has 0 aliphatic carbocycles. The number of likely N-dealkylation sites (tertiary alicyclic amines) is 1. The molecule has 1 aliphatic rings. The number of hydrogen-bond donors (Lipinski definition) is 1. The van der Waals surface area contributed by atoms with Crippen LogP contribution in [0.25, 0.3) is 0 Å². The van der Waals surface area contributed by atoms with E-state index in [1.165, 1.54) is 6.42 Å². The molecule has 0 saturated carbocycles. The van der Waals surface area contributed by atoms with Gasteiger partial charge in [0.15, 0.2) is 0 Å². The SMILES string of the molecule is CCCCOCCN1CCCC(CC(=O)O)C1. The van der Waals surface area contributed by atoms with Crippen LogP contribution in [0.5, 0.6) is 0 Å². The molecule has 1 atom stereocenters. The zero-order chi connectivity index (χ0) is 12.5. The second kappa shape index (κ2) is 8.48. The molecule has 4 heteroatoms. The first-order chi connectivity index (χ1) is 8.22. The van der Waals surface area contributed by atoms with Gasteiger partial charge in [0.05, 0.1) is 6.61 Å². The van der Waals surface area contributed by atoms with Crippen LogP contribution in [0.2, 0.25) is 0 Å². The standard InChI is InChI=1S/C13H25NO3/c1-2-3-8-17-9-7-14-6-4-5-12(11-14)10-13(15)16/h12H,2-11H2,1H3,(H,15,16). The van der Waals surface area contributed by atoms with Crippen LogP contribution in [0.4, 0.5) is 0 Å². The van der Waals surface area contributed by atoms with Crippen LogP contribution in [-0.4, -0.2) is 48.8 Å². The van der Waals surface area contributed by atoms with E-state index in [0.717, 1.165) is 52.1 Å². The van der Waals surface area contributed by atoms with Crippen LogP contribution in [0, 0.1) is 5.92 Å². The molecule has 17 heavy (non-hydrogen) atoms. The number of carboxylic acid groups (broad SMARTS) is 1. The molecule has 1 saturated heterocycles. The average Bonchev–Trinajstić information content (AvgIpc) is 2.28. The third-order valence-electron chi connectivity index (χ3n) is 3.26. The predicted octanol–water partition coefficient (Wildman–Crippen LogP) is 1.99. The van der Waals surface area contributed by atoms with Gasteiger partial charge in [-0.1, -0.05) is 13.3 Å². The summed E-state index contributed by atoms with van der Waals surface area (Å²) in [6.07, 6.45) is 4.78. The van der Waals surface area contributed by atoms with Crippen molar-refractivity contribution in [2.45, 2.75) is 39.0 Å². The maximum absolute atomic E-state index is 10.7. The van der Waals surface area contributed by atoms with Crippen molar-refractivity contribution < 1.29 is 14.6 Å². The topological polar surface area (TPSA) is 49.8 Å². The number of nitrogens with zero attached hydrogens (tertiary/aromatic N) is 1. The van der Waals surface area contributed by atoms with E-state index in [9.17, 15) is 4.79 Å². The molecule has 1 N–H and O–H groups in total. The maximum atomic E-state index is 10.7. The van der Waals surface area contributed by atoms with E-state index in [0.29, 0.717) is 12.3 Å². The third-order valence-corrected chi connectivity index (χ3v) is 3.26. The lowest BCUT2D eigenvalue weighted by Gasteiger charge is -2.31. The summed E-state index contributed by atoms with van der Waals surface area (Å²) in [6.45, 7) is 6.74. The number of aliphatic carboxylic acids is 1. The van der Waals surface area contributed by atoms with Gasteiger partial charge in [-0.15, -0.1) is 0 Å². The summed E-state index contributed by atoms with van der Waals surface area (Å²) in [5.41, 5.74) is 0. The van der Waals surface area contributed by atoms with Gasteiger partial charge in [0, 0.05) is 26.1 Å². The van der Waals surface area contributed by atoms with Crippen LogP contribution in [0.1, 0.15) is 39.0 Å².